The van der Waals surface area contributed by atoms with Gasteiger partial charge in [0.05, 0.1) is 6.42 Å². The number of carboxylic acids is 1. The van der Waals surface area contributed by atoms with Gasteiger partial charge in [0.15, 0.2) is 5.12 Å². The average Bonchev–Trinajstić information content (AvgIpc) is 2.47. The van der Waals surface area contributed by atoms with Crippen molar-refractivity contribution < 1.29 is 14.7 Å². The molecule has 0 saturated heterocycles. The number of carboxylic acid groups (broad SMARTS) is 1. The Bertz CT molecular complexity index is 682. The number of carbonyl (C=O) groups excluding carboxylic acids is 1. The van der Waals surface area contributed by atoms with Gasteiger partial charge in [-0.15, -0.1) is 0 Å². The molecule has 3 nitrogen and oxygen atoms in total. The number of benzene rings is 2. The van der Waals surface area contributed by atoms with Gasteiger partial charge < -0.3 is 5.11 Å². The zero-order valence-electron chi connectivity index (χ0n) is 12.7. The van der Waals surface area contributed by atoms with Crippen molar-refractivity contribution in [3.8, 4) is 11.1 Å². The highest BCUT2D eigenvalue weighted by molar-refractivity contribution is 8.14. The molecule has 0 amide bonds. The fraction of sp³-hybridized carbons (Fsp3) is 0.222. The third-order valence-electron chi connectivity index (χ3n) is 3.34. The van der Waals surface area contributed by atoms with Crippen LogP contribution in [0.1, 0.15) is 18.9 Å². The second kappa shape index (κ2) is 8.18. The lowest BCUT2D eigenvalue weighted by Gasteiger charge is -2.13. The quantitative estimate of drug-likeness (QED) is 0.824. The Hall–Kier alpha value is -1.78. The van der Waals surface area contributed by atoms with Crippen molar-refractivity contribution in [2.45, 2.75) is 25.0 Å². The molecule has 23 heavy (non-hydrogen) atoms. The van der Waals surface area contributed by atoms with E-state index >= 15 is 0 Å². The standard InChI is InChI=1S/C18H17ClO3S/c1-12(20)23-15(11-18(21)22)10-13-6-8-14(9-7-13)16-4-2-3-5-17(16)19/h2-9,15H,10-11H2,1H3,(H,21,22). The molecule has 120 valence electrons. The van der Waals surface area contributed by atoms with Crippen LogP contribution >= 0.6 is 23.4 Å². The fourth-order valence-electron chi connectivity index (χ4n) is 2.36. The van der Waals surface area contributed by atoms with Gasteiger partial charge in [0.1, 0.15) is 0 Å². The molecule has 0 aliphatic rings. The van der Waals surface area contributed by atoms with Crippen molar-refractivity contribution in [2.24, 2.45) is 0 Å². The molecular weight excluding hydrogens is 332 g/mol. The van der Waals surface area contributed by atoms with Gasteiger partial charge in [-0.2, -0.15) is 0 Å². The Labute approximate surface area is 144 Å². The molecule has 0 spiro atoms. The van der Waals surface area contributed by atoms with E-state index in [1.54, 1.807) is 0 Å². The molecule has 0 aliphatic carbocycles. The fourth-order valence-corrected chi connectivity index (χ4v) is 3.58. The summed E-state index contributed by atoms with van der Waals surface area (Å²) in [5.41, 5.74) is 2.97. The minimum atomic E-state index is -0.892. The average molecular weight is 349 g/mol. The molecule has 0 radical (unpaired) electrons. The van der Waals surface area contributed by atoms with Crippen LogP contribution in [-0.4, -0.2) is 21.4 Å². The van der Waals surface area contributed by atoms with Crippen molar-refractivity contribution in [1.29, 1.82) is 0 Å². The number of hydrogen-bond acceptors (Lipinski definition) is 3. The van der Waals surface area contributed by atoms with Crippen molar-refractivity contribution in [3.63, 3.8) is 0 Å². The molecule has 2 rings (SSSR count). The second-order valence-corrected chi connectivity index (χ2v) is 7.09. The predicted octanol–water partition coefficient (Wildman–Crippen LogP) is 4.67. The minimum absolute atomic E-state index is 0.0312. The topological polar surface area (TPSA) is 54.4 Å². The summed E-state index contributed by atoms with van der Waals surface area (Å²) in [6.07, 6.45) is 0.510. The molecule has 0 saturated carbocycles. The third kappa shape index (κ3) is 5.41. The minimum Gasteiger partial charge on any atom is -0.481 e. The van der Waals surface area contributed by atoms with E-state index in [4.69, 9.17) is 16.7 Å². The van der Waals surface area contributed by atoms with Crippen LogP contribution in [0.3, 0.4) is 0 Å². The van der Waals surface area contributed by atoms with Crippen molar-refractivity contribution >= 4 is 34.4 Å². The molecule has 1 unspecified atom stereocenters. The van der Waals surface area contributed by atoms with Gasteiger partial charge in [0.25, 0.3) is 0 Å². The van der Waals surface area contributed by atoms with Crippen LogP contribution < -0.4 is 0 Å². The summed E-state index contributed by atoms with van der Waals surface area (Å²) in [5, 5.41) is 9.33. The maximum Gasteiger partial charge on any atom is 0.304 e. The summed E-state index contributed by atoms with van der Waals surface area (Å²) in [6, 6.07) is 15.5. The lowest BCUT2D eigenvalue weighted by molar-refractivity contribution is -0.136. The summed E-state index contributed by atoms with van der Waals surface area (Å²) in [7, 11) is 0. The van der Waals surface area contributed by atoms with Gasteiger partial charge in [0, 0.05) is 22.8 Å². The van der Waals surface area contributed by atoms with E-state index in [0.717, 1.165) is 28.5 Å². The van der Waals surface area contributed by atoms with E-state index in [0.29, 0.717) is 11.4 Å². The van der Waals surface area contributed by atoms with E-state index in [2.05, 4.69) is 0 Å². The maximum atomic E-state index is 11.3. The zero-order chi connectivity index (χ0) is 16.8. The van der Waals surface area contributed by atoms with E-state index in [1.165, 1.54) is 6.92 Å². The van der Waals surface area contributed by atoms with Crippen LogP contribution in [0.2, 0.25) is 5.02 Å². The van der Waals surface area contributed by atoms with E-state index in [-0.39, 0.29) is 16.8 Å². The third-order valence-corrected chi connectivity index (χ3v) is 4.67. The molecule has 2 aromatic rings. The number of hydrogen-bond donors (Lipinski definition) is 1. The summed E-state index contributed by atoms with van der Waals surface area (Å²) in [6.45, 7) is 1.46. The first-order valence-corrected chi connectivity index (χ1v) is 8.44. The molecular formula is C18H17ClO3S. The smallest absolute Gasteiger partial charge is 0.304 e. The van der Waals surface area contributed by atoms with Crippen LogP contribution in [0.15, 0.2) is 48.5 Å². The summed E-state index contributed by atoms with van der Waals surface area (Å²) >= 11 is 7.28. The van der Waals surface area contributed by atoms with Gasteiger partial charge in [-0.1, -0.05) is 65.8 Å². The molecule has 0 bridgehead atoms. The Morgan fingerprint density at radius 1 is 1.13 bits per heavy atom. The highest BCUT2D eigenvalue weighted by Gasteiger charge is 2.17. The molecule has 5 heteroatoms. The number of thioether (sulfide) groups is 1. The molecule has 1 atom stereocenters. The lowest BCUT2D eigenvalue weighted by Crippen LogP contribution is -2.14. The SMILES string of the molecule is CC(=O)SC(CC(=O)O)Cc1ccc(-c2ccccc2Cl)cc1. The first kappa shape index (κ1) is 17.6. The van der Waals surface area contributed by atoms with Crippen LogP contribution in [0.4, 0.5) is 0 Å². The van der Waals surface area contributed by atoms with E-state index < -0.39 is 5.97 Å². The van der Waals surface area contributed by atoms with Gasteiger partial charge in [-0.05, 0) is 23.6 Å². The Balaban J connectivity index is 2.13. The van der Waals surface area contributed by atoms with Gasteiger partial charge >= 0.3 is 5.97 Å². The first-order chi connectivity index (χ1) is 11.0. The van der Waals surface area contributed by atoms with Gasteiger partial charge in [-0.25, -0.2) is 0 Å². The monoisotopic (exact) mass is 348 g/mol. The Kier molecular flexibility index (Phi) is 6.25. The van der Waals surface area contributed by atoms with Crippen LogP contribution in [0.25, 0.3) is 11.1 Å². The summed E-state index contributed by atoms with van der Waals surface area (Å²) < 4.78 is 0. The molecule has 0 aliphatic heterocycles. The first-order valence-electron chi connectivity index (χ1n) is 7.18. The van der Waals surface area contributed by atoms with Gasteiger partial charge in [0.2, 0.25) is 0 Å². The molecule has 0 aromatic heterocycles. The van der Waals surface area contributed by atoms with Crippen molar-refractivity contribution in [3.05, 3.63) is 59.1 Å². The number of carbonyl (C=O) groups is 2. The van der Waals surface area contributed by atoms with Crippen molar-refractivity contribution in [2.75, 3.05) is 0 Å². The zero-order valence-corrected chi connectivity index (χ0v) is 14.2. The van der Waals surface area contributed by atoms with Gasteiger partial charge in [-0.3, -0.25) is 9.59 Å². The summed E-state index contributed by atoms with van der Waals surface area (Å²) in [5.74, 6) is -0.892. The highest BCUT2D eigenvalue weighted by Crippen LogP contribution is 2.28. The molecule has 1 N–H and O–H groups in total. The summed E-state index contributed by atoms with van der Waals surface area (Å²) in [4.78, 5) is 22.2. The normalized spacial score (nSPS) is 11.9. The maximum absolute atomic E-state index is 11.3. The van der Waals surface area contributed by atoms with Crippen LogP contribution in [0, 0.1) is 0 Å². The van der Waals surface area contributed by atoms with E-state index in [9.17, 15) is 9.59 Å². The molecule has 2 aromatic carbocycles. The second-order valence-electron chi connectivity index (χ2n) is 5.21. The molecule has 0 heterocycles. The number of halogens is 1. The number of rotatable bonds is 6. The largest absolute Gasteiger partial charge is 0.481 e. The highest BCUT2D eigenvalue weighted by atomic mass is 35.5. The number of aliphatic carboxylic acids is 1. The van der Waals surface area contributed by atoms with Crippen LogP contribution in [0.5, 0.6) is 0 Å². The lowest BCUT2D eigenvalue weighted by atomic mass is 10.0. The van der Waals surface area contributed by atoms with Crippen LogP contribution in [-0.2, 0) is 16.0 Å². The van der Waals surface area contributed by atoms with E-state index in [1.807, 2.05) is 48.5 Å². The van der Waals surface area contributed by atoms with Crippen molar-refractivity contribution in [1.82, 2.24) is 0 Å². The molecule has 0 fully saturated rings. The Morgan fingerprint density at radius 3 is 2.35 bits per heavy atom. The Morgan fingerprint density at radius 2 is 1.78 bits per heavy atom. The predicted molar refractivity (Wildman–Crippen MR) is 94.9 cm³/mol.